The Bertz CT molecular complexity index is 564. The first-order chi connectivity index (χ1) is 8.99. The first-order valence-corrected chi connectivity index (χ1v) is 6.18. The van der Waals surface area contributed by atoms with Gasteiger partial charge in [0.05, 0.1) is 6.10 Å². The zero-order chi connectivity index (χ0) is 14.2. The van der Waals surface area contributed by atoms with E-state index in [1.54, 1.807) is 6.92 Å². The van der Waals surface area contributed by atoms with Crippen LogP contribution < -0.4 is 11.2 Å². The van der Waals surface area contributed by atoms with Gasteiger partial charge in [0, 0.05) is 18.9 Å². The number of aromatic amines is 1. The van der Waals surface area contributed by atoms with Crippen molar-refractivity contribution < 1.29 is 14.6 Å². The largest absolute Gasteiger partial charge is 0.388 e. The van der Waals surface area contributed by atoms with Gasteiger partial charge in [-0.1, -0.05) is 6.92 Å². The van der Waals surface area contributed by atoms with Gasteiger partial charge in [-0.15, -0.1) is 0 Å². The van der Waals surface area contributed by atoms with E-state index in [1.807, 2.05) is 6.92 Å². The van der Waals surface area contributed by atoms with Gasteiger partial charge in [0.25, 0.3) is 5.56 Å². The minimum Gasteiger partial charge on any atom is -0.388 e. The Morgan fingerprint density at radius 3 is 2.79 bits per heavy atom. The Kier molecular flexibility index (Phi) is 3.88. The Labute approximate surface area is 109 Å². The van der Waals surface area contributed by atoms with E-state index < -0.39 is 35.8 Å². The fourth-order valence-electron chi connectivity index (χ4n) is 2.31. The standard InChI is InChI=1S/C12H18N2O5/c1-4-7-8(15)9(18-3)11(19-7)14-5-6(2)10(16)13-12(14)17/h5,7-9,11,15H,4H2,1-3H3,(H,13,16,17)/t7-,8+,9-,11-/m1/s1. The van der Waals surface area contributed by atoms with Crippen LogP contribution in [0.2, 0.25) is 0 Å². The maximum Gasteiger partial charge on any atom is 0.330 e. The van der Waals surface area contributed by atoms with Crippen LogP contribution in [0.25, 0.3) is 0 Å². The van der Waals surface area contributed by atoms with Gasteiger partial charge in [-0.25, -0.2) is 4.79 Å². The van der Waals surface area contributed by atoms with Crippen molar-refractivity contribution in [3.05, 3.63) is 32.6 Å². The van der Waals surface area contributed by atoms with E-state index in [9.17, 15) is 14.7 Å². The summed E-state index contributed by atoms with van der Waals surface area (Å²) in [5.74, 6) is 0. The number of aliphatic hydroxyl groups excluding tert-OH is 1. The van der Waals surface area contributed by atoms with Crippen molar-refractivity contribution in [2.45, 2.75) is 44.8 Å². The molecule has 1 aliphatic rings. The summed E-state index contributed by atoms with van der Waals surface area (Å²) in [6, 6.07) is 0. The maximum atomic E-state index is 11.8. The van der Waals surface area contributed by atoms with Gasteiger partial charge in [-0.2, -0.15) is 0 Å². The van der Waals surface area contributed by atoms with Crippen molar-refractivity contribution in [2.24, 2.45) is 0 Å². The van der Waals surface area contributed by atoms with Crippen LogP contribution in [-0.4, -0.2) is 40.1 Å². The molecule has 4 atom stereocenters. The van der Waals surface area contributed by atoms with E-state index in [-0.39, 0.29) is 0 Å². The number of aromatic nitrogens is 2. The first-order valence-electron chi connectivity index (χ1n) is 6.18. The molecule has 7 heteroatoms. The molecule has 0 bridgehead atoms. The molecule has 0 spiro atoms. The van der Waals surface area contributed by atoms with Crippen LogP contribution in [0.1, 0.15) is 25.1 Å². The maximum absolute atomic E-state index is 11.8. The summed E-state index contributed by atoms with van der Waals surface area (Å²) >= 11 is 0. The van der Waals surface area contributed by atoms with E-state index in [0.717, 1.165) is 0 Å². The second-order valence-electron chi connectivity index (χ2n) is 4.64. The predicted molar refractivity (Wildman–Crippen MR) is 67.1 cm³/mol. The molecule has 0 unspecified atom stereocenters. The van der Waals surface area contributed by atoms with E-state index >= 15 is 0 Å². The molecule has 0 aromatic carbocycles. The van der Waals surface area contributed by atoms with Crippen LogP contribution in [0.15, 0.2) is 15.8 Å². The molecule has 2 heterocycles. The van der Waals surface area contributed by atoms with Crippen LogP contribution in [0.4, 0.5) is 0 Å². The van der Waals surface area contributed by atoms with Crippen LogP contribution in [-0.2, 0) is 9.47 Å². The van der Waals surface area contributed by atoms with Crippen LogP contribution in [0, 0.1) is 6.92 Å². The summed E-state index contributed by atoms with van der Waals surface area (Å²) in [5.41, 5.74) is -0.611. The molecule has 0 aliphatic carbocycles. The van der Waals surface area contributed by atoms with E-state index in [4.69, 9.17) is 9.47 Å². The van der Waals surface area contributed by atoms with Crippen LogP contribution in [0.5, 0.6) is 0 Å². The molecule has 2 N–H and O–H groups in total. The number of aryl methyl sites for hydroxylation is 1. The van der Waals surface area contributed by atoms with Crippen molar-refractivity contribution >= 4 is 0 Å². The number of nitrogens with one attached hydrogen (secondary N) is 1. The van der Waals surface area contributed by atoms with Gasteiger partial charge in [0.2, 0.25) is 0 Å². The summed E-state index contributed by atoms with van der Waals surface area (Å²) in [7, 11) is 1.45. The smallest absolute Gasteiger partial charge is 0.330 e. The molecule has 0 saturated carbocycles. The number of methoxy groups -OCH3 is 1. The lowest BCUT2D eigenvalue weighted by Gasteiger charge is -2.20. The molecule has 2 rings (SSSR count). The minimum absolute atomic E-state index is 0.394. The van der Waals surface area contributed by atoms with Gasteiger partial charge in [0.15, 0.2) is 6.23 Å². The average Bonchev–Trinajstić information content (AvgIpc) is 2.70. The Morgan fingerprint density at radius 1 is 1.53 bits per heavy atom. The Balaban J connectivity index is 2.44. The summed E-state index contributed by atoms with van der Waals surface area (Å²) in [6.45, 7) is 3.48. The van der Waals surface area contributed by atoms with Crippen molar-refractivity contribution in [1.82, 2.24) is 9.55 Å². The van der Waals surface area contributed by atoms with Crippen molar-refractivity contribution in [2.75, 3.05) is 7.11 Å². The summed E-state index contributed by atoms with van der Waals surface area (Å²) < 4.78 is 12.1. The number of rotatable bonds is 3. The second-order valence-corrected chi connectivity index (χ2v) is 4.64. The fourth-order valence-corrected chi connectivity index (χ4v) is 2.31. The third-order valence-electron chi connectivity index (χ3n) is 3.41. The highest BCUT2D eigenvalue weighted by Gasteiger charge is 2.44. The highest BCUT2D eigenvalue weighted by molar-refractivity contribution is 5.03. The number of hydrogen-bond acceptors (Lipinski definition) is 5. The number of aliphatic hydroxyl groups is 1. The molecule has 106 valence electrons. The van der Waals surface area contributed by atoms with Gasteiger partial charge >= 0.3 is 5.69 Å². The number of hydrogen-bond donors (Lipinski definition) is 2. The molecule has 1 saturated heterocycles. The molecular formula is C12H18N2O5. The van der Waals surface area contributed by atoms with Crippen LogP contribution in [0.3, 0.4) is 0 Å². The van der Waals surface area contributed by atoms with Crippen LogP contribution >= 0.6 is 0 Å². The monoisotopic (exact) mass is 270 g/mol. The first kappa shape index (κ1) is 14.0. The van der Waals surface area contributed by atoms with Gasteiger partial charge in [-0.3, -0.25) is 14.3 Å². The Hall–Kier alpha value is -1.44. The predicted octanol–water partition coefficient (Wildman–Crippen LogP) is -0.472. The number of ether oxygens (including phenoxy) is 2. The molecule has 1 fully saturated rings. The van der Waals surface area contributed by atoms with Gasteiger partial charge in [-0.05, 0) is 13.3 Å². The topological polar surface area (TPSA) is 93.6 Å². The average molecular weight is 270 g/mol. The zero-order valence-corrected chi connectivity index (χ0v) is 11.1. The SMILES string of the molecule is CC[C@H]1O[C@@H](n2cc(C)c(=O)[nH]c2=O)[C@H](OC)[C@H]1O. The molecule has 7 nitrogen and oxygen atoms in total. The minimum atomic E-state index is -0.806. The summed E-state index contributed by atoms with van der Waals surface area (Å²) in [5, 5.41) is 10.1. The third-order valence-corrected chi connectivity index (χ3v) is 3.41. The highest BCUT2D eigenvalue weighted by Crippen LogP contribution is 2.31. The summed E-state index contributed by atoms with van der Waals surface area (Å²) in [6.07, 6.45) is -0.564. The fraction of sp³-hybridized carbons (Fsp3) is 0.667. The molecule has 1 aromatic rings. The number of nitrogens with zero attached hydrogens (tertiary/aromatic N) is 1. The highest BCUT2D eigenvalue weighted by atomic mass is 16.6. The van der Waals surface area contributed by atoms with Crippen molar-refractivity contribution in [1.29, 1.82) is 0 Å². The second kappa shape index (κ2) is 5.28. The molecule has 1 aliphatic heterocycles. The molecule has 0 amide bonds. The summed E-state index contributed by atoms with van der Waals surface area (Å²) in [4.78, 5) is 25.4. The lowest BCUT2D eigenvalue weighted by atomic mass is 10.1. The normalized spacial score (nSPS) is 30.7. The van der Waals surface area contributed by atoms with Gasteiger partial charge < -0.3 is 14.6 Å². The molecule has 19 heavy (non-hydrogen) atoms. The van der Waals surface area contributed by atoms with Crippen molar-refractivity contribution in [3.8, 4) is 0 Å². The lowest BCUT2D eigenvalue weighted by Crippen LogP contribution is -2.39. The van der Waals surface area contributed by atoms with E-state index in [1.165, 1.54) is 17.9 Å². The van der Waals surface area contributed by atoms with Gasteiger partial charge in [0.1, 0.15) is 12.2 Å². The Morgan fingerprint density at radius 2 is 2.21 bits per heavy atom. The van der Waals surface area contributed by atoms with E-state index in [2.05, 4.69) is 4.98 Å². The number of H-pyrrole nitrogens is 1. The lowest BCUT2D eigenvalue weighted by molar-refractivity contribution is -0.0543. The van der Waals surface area contributed by atoms with Crippen molar-refractivity contribution in [3.63, 3.8) is 0 Å². The molecular weight excluding hydrogens is 252 g/mol. The third kappa shape index (κ3) is 2.36. The quantitative estimate of drug-likeness (QED) is 0.774. The molecule has 1 aromatic heterocycles. The van der Waals surface area contributed by atoms with E-state index in [0.29, 0.717) is 12.0 Å². The zero-order valence-electron chi connectivity index (χ0n) is 11.1. The molecule has 0 radical (unpaired) electrons.